The molecule has 1 aromatic heterocycles. The number of carbonyl (C=O) groups is 1. The van der Waals surface area contributed by atoms with Crippen LogP contribution in [0, 0.1) is 0 Å². The zero-order chi connectivity index (χ0) is 15.0. The van der Waals surface area contributed by atoms with Gasteiger partial charge in [-0.15, -0.1) is 0 Å². The van der Waals surface area contributed by atoms with Crippen LogP contribution in [0.2, 0.25) is 0 Å². The van der Waals surface area contributed by atoms with Crippen LogP contribution in [0.1, 0.15) is 33.6 Å². The quantitative estimate of drug-likeness (QED) is 0.612. The van der Waals surface area contributed by atoms with Gasteiger partial charge in [-0.2, -0.15) is 15.0 Å². The normalized spacial score (nSPS) is 11.8. The maximum Gasteiger partial charge on any atom is 0.323 e. The van der Waals surface area contributed by atoms with Gasteiger partial charge >= 0.3 is 6.01 Å². The van der Waals surface area contributed by atoms with E-state index in [1.807, 2.05) is 20.8 Å². The average Bonchev–Trinajstić information content (AvgIpc) is 2.35. The Bertz CT molecular complexity index is 440. The molecule has 1 heterocycles. The second kappa shape index (κ2) is 8.13. The molecule has 20 heavy (non-hydrogen) atoms. The van der Waals surface area contributed by atoms with Gasteiger partial charge in [-0.1, -0.05) is 6.92 Å². The lowest BCUT2D eigenvalue weighted by Gasteiger charge is -2.13. The Kier molecular flexibility index (Phi) is 6.48. The Labute approximate surface area is 118 Å². The number of nitrogens with zero attached hydrogens (tertiary/aromatic N) is 3. The maximum absolute atomic E-state index is 10.9. The Balaban J connectivity index is 2.81. The van der Waals surface area contributed by atoms with E-state index in [2.05, 4.69) is 25.6 Å². The third-order valence-electron chi connectivity index (χ3n) is 2.27. The van der Waals surface area contributed by atoms with Crippen LogP contribution in [-0.4, -0.2) is 40.1 Å². The number of carbonyl (C=O) groups excluding carboxylic acids is 1. The molecule has 0 fully saturated rings. The van der Waals surface area contributed by atoms with Gasteiger partial charge in [-0.3, -0.25) is 4.79 Å². The summed E-state index contributed by atoms with van der Waals surface area (Å²) in [7, 11) is 0. The lowest BCUT2D eigenvalue weighted by atomic mass is 10.2. The van der Waals surface area contributed by atoms with E-state index < -0.39 is 0 Å². The monoisotopic (exact) mass is 282 g/mol. The lowest BCUT2D eigenvalue weighted by Crippen LogP contribution is -2.25. The van der Waals surface area contributed by atoms with Crippen molar-refractivity contribution in [2.45, 2.75) is 39.7 Å². The highest BCUT2D eigenvalue weighted by Gasteiger charge is 2.11. The first-order chi connectivity index (χ1) is 9.55. The Morgan fingerprint density at radius 1 is 1.30 bits per heavy atom. The summed E-state index contributed by atoms with van der Waals surface area (Å²) in [6.07, 6.45) is 1.07. The first kappa shape index (κ1) is 15.9. The highest BCUT2D eigenvalue weighted by Crippen LogP contribution is 2.12. The molecule has 1 atom stereocenters. The molecule has 112 valence electrons. The summed E-state index contributed by atoms with van der Waals surface area (Å²) in [4.78, 5) is 23.4. The van der Waals surface area contributed by atoms with E-state index in [1.54, 1.807) is 0 Å². The van der Waals surface area contributed by atoms with Crippen molar-refractivity contribution in [1.29, 1.82) is 0 Å². The number of primary amides is 1. The predicted octanol–water partition coefficient (Wildman–Crippen LogP) is 0.768. The maximum atomic E-state index is 10.9. The number of amides is 1. The molecular weight excluding hydrogens is 260 g/mol. The summed E-state index contributed by atoms with van der Waals surface area (Å²) in [5.74, 6) is 0.409. The number of rotatable bonds is 9. The van der Waals surface area contributed by atoms with Crippen LogP contribution < -0.4 is 21.1 Å². The van der Waals surface area contributed by atoms with E-state index >= 15 is 0 Å². The molecule has 0 radical (unpaired) electrons. The largest absolute Gasteiger partial charge is 0.463 e. The summed E-state index contributed by atoms with van der Waals surface area (Å²) in [5, 5.41) is 6.01. The van der Waals surface area contributed by atoms with E-state index in [-0.39, 0.29) is 24.4 Å². The summed E-state index contributed by atoms with van der Waals surface area (Å²) >= 11 is 0. The van der Waals surface area contributed by atoms with E-state index in [4.69, 9.17) is 10.5 Å². The number of nitrogens with one attached hydrogen (secondary N) is 2. The van der Waals surface area contributed by atoms with Crippen molar-refractivity contribution < 1.29 is 9.53 Å². The van der Waals surface area contributed by atoms with Crippen molar-refractivity contribution in [2.75, 3.05) is 23.8 Å². The molecule has 1 amide bonds. The molecule has 0 saturated carbocycles. The average molecular weight is 282 g/mol. The molecule has 8 nitrogen and oxygen atoms in total. The fraction of sp³-hybridized carbons (Fsp3) is 0.667. The molecule has 1 aromatic rings. The highest BCUT2D eigenvalue weighted by atomic mass is 16.5. The highest BCUT2D eigenvalue weighted by molar-refractivity contribution is 5.74. The van der Waals surface area contributed by atoms with Crippen molar-refractivity contribution in [3.05, 3.63) is 0 Å². The van der Waals surface area contributed by atoms with Gasteiger partial charge in [0.25, 0.3) is 0 Å². The van der Waals surface area contributed by atoms with Crippen LogP contribution in [0.4, 0.5) is 11.9 Å². The Hall–Kier alpha value is -2.12. The number of aromatic nitrogens is 3. The van der Waals surface area contributed by atoms with Gasteiger partial charge in [-0.05, 0) is 20.3 Å². The Morgan fingerprint density at radius 2 is 2.00 bits per heavy atom. The first-order valence-corrected chi connectivity index (χ1v) is 6.72. The SMILES string of the molecule is CCCOc1nc(NCC)nc(NC(C)CC(N)=O)n1. The molecule has 0 aliphatic rings. The molecule has 0 aromatic carbocycles. The summed E-state index contributed by atoms with van der Waals surface area (Å²) in [6, 6.07) is 0.0926. The molecule has 8 heteroatoms. The first-order valence-electron chi connectivity index (χ1n) is 6.72. The third kappa shape index (κ3) is 5.68. The van der Waals surface area contributed by atoms with Crippen molar-refractivity contribution in [3.8, 4) is 6.01 Å². The summed E-state index contributed by atoms with van der Waals surface area (Å²) in [5.41, 5.74) is 5.15. The van der Waals surface area contributed by atoms with E-state index in [1.165, 1.54) is 0 Å². The van der Waals surface area contributed by atoms with Gasteiger partial charge in [0.1, 0.15) is 0 Å². The van der Waals surface area contributed by atoms with Gasteiger partial charge in [-0.25, -0.2) is 0 Å². The van der Waals surface area contributed by atoms with Gasteiger partial charge in [0.2, 0.25) is 17.8 Å². The minimum absolute atomic E-state index is 0.164. The van der Waals surface area contributed by atoms with Gasteiger partial charge in [0.15, 0.2) is 0 Å². The fourth-order valence-corrected chi connectivity index (χ4v) is 1.49. The van der Waals surface area contributed by atoms with Crippen LogP contribution in [0.25, 0.3) is 0 Å². The van der Waals surface area contributed by atoms with Crippen LogP contribution in [0.15, 0.2) is 0 Å². The topological polar surface area (TPSA) is 115 Å². The van der Waals surface area contributed by atoms with Crippen molar-refractivity contribution in [1.82, 2.24) is 15.0 Å². The molecule has 0 aliphatic heterocycles. The molecule has 1 unspecified atom stereocenters. The van der Waals surface area contributed by atoms with E-state index in [0.29, 0.717) is 25.0 Å². The van der Waals surface area contributed by atoms with Crippen molar-refractivity contribution in [2.24, 2.45) is 5.73 Å². The number of hydrogen-bond donors (Lipinski definition) is 3. The van der Waals surface area contributed by atoms with Crippen molar-refractivity contribution >= 4 is 17.8 Å². The minimum Gasteiger partial charge on any atom is -0.463 e. The second-order valence-electron chi connectivity index (χ2n) is 4.36. The second-order valence-corrected chi connectivity index (χ2v) is 4.36. The van der Waals surface area contributed by atoms with Crippen LogP contribution in [0.5, 0.6) is 6.01 Å². The standard InChI is InChI=1S/C12H22N6O2/c1-4-6-20-12-17-10(14-5-2)16-11(18-12)15-8(3)7-9(13)19/h8H,4-7H2,1-3H3,(H2,13,19)(H2,14,15,16,17,18). The molecule has 4 N–H and O–H groups in total. The minimum atomic E-state index is -0.381. The van der Waals surface area contributed by atoms with Gasteiger partial charge in [0, 0.05) is 19.0 Å². The number of anilines is 2. The zero-order valence-electron chi connectivity index (χ0n) is 12.1. The molecule has 0 spiro atoms. The van der Waals surface area contributed by atoms with Gasteiger partial charge in [0.05, 0.1) is 6.61 Å². The predicted molar refractivity (Wildman–Crippen MR) is 76.7 cm³/mol. The lowest BCUT2D eigenvalue weighted by molar-refractivity contribution is -0.118. The molecule has 0 aliphatic carbocycles. The van der Waals surface area contributed by atoms with Crippen LogP contribution in [0.3, 0.4) is 0 Å². The summed E-state index contributed by atoms with van der Waals surface area (Å²) in [6.45, 7) is 6.99. The van der Waals surface area contributed by atoms with Crippen LogP contribution in [-0.2, 0) is 4.79 Å². The third-order valence-corrected chi connectivity index (χ3v) is 2.27. The molecular formula is C12H22N6O2. The summed E-state index contributed by atoms with van der Waals surface area (Å²) < 4.78 is 5.41. The smallest absolute Gasteiger partial charge is 0.323 e. The van der Waals surface area contributed by atoms with E-state index in [0.717, 1.165) is 6.42 Å². The van der Waals surface area contributed by atoms with Crippen molar-refractivity contribution in [3.63, 3.8) is 0 Å². The van der Waals surface area contributed by atoms with Gasteiger partial charge < -0.3 is 21.1 Å². The molecule has 0 bridgehead atoms. The number of ether oxygens (including phenoxy) is 1. The zero-order valence-corrected chi connectivity index (χ0v) is 12.1. The Morgan fingerprint density at radius 3 is 2.60 bits per heavy atom. The fourth-order valence-electron chi connectivity index (χ4n) is 1.49. The molecule has 0 saturated heterocycles. The number of nitrogens with two attached hydrogens (primary N) is 1. The number of hydrogen-bond acceptors (Lipinski definition) is 7. The van der Waals surface area contributed by atoms with E-state index in [9.17, 15) is 4.79 Å². The molecule has 1 rings (SSSR count). The van der Waals surface area contributed by atoms with Crippen LogP contribution >= 0.6 is 0 Å².